The van der Waals surface area contributed by atoms with Gasteiger partial charge in [0.1, 0.15) is 23.9 Å². The fourth-order valence-electron chi connectivity index (χ4n) is 4.05. The van der Waals surface area contributed by atoms with Gasteiger partial charge in [-0.1, -0.05) is 19.9 Å². The first-order valence-electron chi connectivity index (χ1n) is 12.3. The third kappa shape index (κ3) is 6.61. The standard InChI is InChI=1S/C26H29N3O5S.C2H6/c1-16-4-7-20(35-16)15-28(3)25(32)21-11-22(24(31)12-23(21)30)26(33)29-13-17-5-6-19(10-18(17)14-29)34-9-8-27-2;1-2/h4-7,10-12,27,30-31H,8-9,13-15H2,1-3H3;1-2H3. The molecule has 198 valence electrons. The van der Waals surface area contributed by atoms with Gasteiger partial charge in [-0.3, -0.25) is 9.59 Å². The summed E-state index contributed by atoms with van der Waals surface area (Å²) in [5, 5.41) is 23.8. The molecule has 2 aromatic carbocycles. The summed E-state index contributed by atoms with van der Waals surface area (Å²) in [6.45, 7) is 8.38. The molecule has 0 saturated heterocycles. The van der Waals surface area contributed by atoms with Crippen molar-refractivity contribution >= 4 is 23.2 Å². The van der Waals surface area contributed by atoms with Gasteiger partial charge in [0.25, 0.3) is 11.8 Å². The summed E-state index contributed by atoms with van der Waals surface area (Å²) in [5.41, 5.74) is 1.92. The minimum absolute atomic E-state index is 0.0233. The third-order valence-corrected chi connectivity index (χ3v) is 6.90. The Kier molecular flexibility index (Phi) is 9.54. The van der Waals surface area contributed by atoms with Crippen LogP contribution >= 0.6 is 11.3 Å². The van der Waals surface area contributed by atoms with Crippen molar-refractivity contribution < 1.29 is 24.5 Å². The summed E-state index contributed by atoms with van der Waals surface area (Å²) in [7, 11) is 3.49. The third-order valence-electron chi connectivity index (χ3n) is 5.92. The molecule has 0 bridgehead atoms. The van der Waals surface area contributed by atoms with E-state index in [0.717, 1.165) is 39.2 Å². The van der Waals surface area contributed by atoms with Gasteiger partial charge in [0.05, 0.1) is 17.7 Å². The van der Waals surface area contributed by atoms with Crippen molar-refractivity contribution in [2.45, 2.75) is 40.4 Å². The van der Waals surface area contributed by atoms with Crippen LogP contribution in [-0.2, 0) is 19.6 Å². The maximum absolute atomic E-state index is 13.3. The molecule has 0 aliphatic carbocycles. The van der Waals surface area contributed by atoms with E-state index in [1.165, 1.54) is 11.0 Å². The number of aryl methyl sites for hydroxylation is 1. The Morgan fingerprint density at radius 1 is 1.03 bits per heavy atom. The number of hydrogen-bond acceptors (Lipinski definition) is 7. The lowest BCUT2D eigenvalue weighted by atomic mass is 10.1. The number of ether oxygens (including phenoxy) is 1. The average molecular weight is 526 g/mol. The van der Waals surface area contributed by atoms with E-state index in [4.69, 9.17) is 4.74 Å². The average Bonchev–Trinajstić information content (AvgIpc) is 3.50. The van der Waals surface area contributed by atoms with Gasteiger partial charge in [-0.25, -0.2) is 0 Å². The molecular formula is C28H35N3O5S. The van der Waals surface area contributed by atoms with Crippen LogP contribution in [0.15, 0.2) is 42.5 Å². The second-order valence-corrected chi connectivity index (χ2v) is 9.98. The van der Waals surface area contributed by atoms with Crippen LogP contribution in [0.4, 0.5) is 0 Å². The molecule has 1 aromatic heterocycles. The number of carbonyl (C=O) groups is 2. The lowest BCUT2D eigenvalue weighted by Gasteiger charge is -2.20. The first-order valence-corrected chi connectivity index (χ1v) is 13.1. The number of rotatable bonds is 8. The van der Waals surface area contributed by atoms with E-state index in [-0.39, 0.29) is 22.6 Å². The van der Waals surface area contributed by atoms with Crippen LogP contribution in [0.25, 0.3) is 0 Å². The van der Waals surface area contributed by atoms with Crippen LogP contribution < -0.4 is 10.1 Å². The number of amides is 2. The minimum Gasteiger partial charge on any atom is -0.507 e. The summed E-state index contributed by atoms with van der Waals surface area (Å²) in [4.78, 5) is 31.6. The number of fused-ring (bicyclic) bond motifs is 1. The van der Waals surface area contributed by atoms with E-state index in [1.807, 2.05) is 58.2 Å². The van der Waals surface area contributed by atoms with Gasteiger partial charge in [0, 0.05) is 42.5 Å². The summed E-state index contributed by atoms with van der Waals surface area (Å²) < 4.78 is 5.72. The number of benzene rings is 2. The molecule has 0 spiro atoms. The van der Waals surface area contributed by atoms with E-state index in [2.05, 4.69) is 5.32 Å². The highest BCUT2D eigenvalue weighted by molar-refractivity contribution is 7.11. The molecule has 2 amide bonds. The van der Waals surface area contributed by atoms with Crippen LogP contribution in [0, 0.1) is 6.92 Å². The van der Waals surface area contributed by atoms with Crippen molar-refractivity contribution in [2.24, 2.45) is 0 Å². The van der Waals surface area contributed by atoms with E-state index < -0.39 is 11.8 Å². The molecule has 0 atom stereocenters. The summed E-state index contributed by atoms with van der Waals surface area (Å²) in [6.07, 6.45) is 0. The van der Waals surface area contributed by atoms with Gasteiger partial charge in [-0.15, -0.1) is 11.3 Å². The molecule has 1 aliphatic rings. The first-order chi connectivity index (χ1) is 17.8. The van der Waals surface area contributed by atoms with Crippen LogP contribution in [0.2, 0.25) is 0 Å². The van der Waals surface area contributed by atoms with Gasteiger partial charge >= 0.3 is 0 Å². The minimum atomic E-state index is -0.435. The zero-order valence-electron chi connectivity index (χ0n) is 22.0. The smallest absolute Gasteiger partial charge is 0.258 e. The van der Waals surface area contributed by atoms with E-state index in [9.17, 15) is 19.8 Å². The van der Waals surface area contributed by atoms with Crippen molar-refractivity contribution in [3.63, 3.8) is 0 Å². The van der Waals surface area contributed by atoms with Gasteiger partial charge in [0.2, 0.25) is 0 Å². The SMILES string of the molecule is CC.CNCCOc1ccc2c(c1)CN(C(=O)c1cc(C(=O)N(C)Cc3ccc(C)s3)c(O)cc1O)C2. The highest BCUT2D eigenvalue weighted by Crippen LogP contribution is 2.33. The lowest BCUT2D eigenvalue weighted by Crippen LogP contribution is -2.28. The largest absolute Gasteiger partial charge is 0.507 e. The van der Waals surface area contributed by atoms with Gasteiger partial charge < -0.3 is 30.1 Å². The normalized spacial score (nSPS) is 12.0. The molecule has 0 radical (unpaired) electrons. The Labute approximate surface area is 222 Å². The van der Waals surface area contributed by atoms with Crippen molar-refractivity contribution in [1.29, 1.82) is 0 Å². The van der Waals surface area contributed by atoms with Crippen LogP contribution in [0.5, 0.6) is 17.2 Å². The Balaban J connectivity index is 0.00000186. The number of nitrogens with one attached hydrogen (secondary N) is 1. The van der Waals surface area contributed by atoms with E-state index in [0.29, 0.717) is 26.2 Å². The summed E-state index contributed by atoms with van der Waals surface area (Å²) in [5.74, 6) is -0.853. The molecule has 0 fully saturated rings. The molecule has 2 heterocycles. The molecule has 37 heavy (non-hydrogen) atoms. The number of hydrogen-bond donors (Lipinski definition) is 3. The number of aromatic hydroxyl groups is 2. The van der Waals surface area contributed by atoms with Crippen LogP contribution in [0.3, 0.4) is 0 Å². The van der Waals surface area contributed by atoms with Crippen molar-refractivity contribution in [1.82, 2.24) is 15.1 Å². The highest BCUT2D eigenvalue weighted by atomic mass is 32.1. The fourth-order valence-corrected chi connectivity index (χ4v) is 4.99. The van der Waals surface area contributed by atoms with Gasteiger partial charge in [-0.2, -0.15) is 0 Å². The predicted octanol–water partition coefficient (Wildman–Crippen LogP) is 4.52. The van der Waals surface area contributed by atoms with Crippen LogP contribution in [0.1, 0.15) is 55.4 Å². The number of phenols is 2. The van der Waals surface area contributed by atoms with Gasteiger partial charge in [-0.05, 0) is 55.4 Å². The molecule has 4 rings (SSSR count). The quantitative estimate of drug-likeness (QED) is 0.374. The Morgan fingerprint density at radius 3 is 2.41 bits per heavy atom. The zero-order chi connectivity index (χ0) is 27.1. The van der Waals surface area contributed by atoms with Crippen LogP contribution in [-0.4, -0.2) is 59.1 Å². The van der Waals surface area contributed by atoms with E-state index in [1.54, 1.807) is 23.3 Å². The Morgan fingerprint density at radius 2 is 1.73 bits per heavy atom. The fraction of sp³-hybridized carbons (Fsp3) is 0.357. The molecule has 9 heteroatoms. The molecule has 0 saturated carbocycles. The van der Waals surface area contributed by atoms with Gasteiger partial charge in [0.15, 0.2) is 0 Å². The number of thiophene rings is 1. The second-order valence-electron chi connectivity index (χ2n) is 8.60. The summed E-state index contributed by atoms with van der Waals surface area (Å²) >= 11 is 1.59. The van der Waals surface area contributed by atoms with Crippen molar-refractivity contribution in [3.8, 4) is 17.2 Å². The molecule has 3 aromatic rings. The van der Waals surface area contributed by atoms with Crippen molar-refractivity contribution in [2.75, 3.05) is 27.2 Å². The maximum atomic E-state index is 13.3. The van der Waals surface area contributed by atoms with E-state index >= 15 is 0 Å². The molecule has 1 aliphatic heterocycles. The molecule has 8 nitrogen and oxygen atoms in total. The zero-order valence-corrected chi connectivity index (χ0v) is 22.8. The molecule has 3 N–H and O–H groups in total. The second kappa shape index (κ2) is 12.6. The monoisotopic (exact) mass is 525 g/mol. The number of likely N-dealkylation sites (N-methyl/N-ethyl adjacent to an activating group) is 1. The molecule has 0 unspecified atom stereocenters. The number of phenolic OH excluding ortho intramolecular Hbond substituents is 2. The lowest BCUT2D eigenvalue weighted by molar-refractivity contribution is 0.0748. The highest BCUT2D eigenvalue weighted by Gasteiger charge is 2.28. The first kappa shape index (κ1) is 28.0. The topological polar surface area (TPSA) is 102 Å². The molecular weight excluding hydrogens is 490 g/mol. The Bertz CT molecular complexity index is 1260. The number of carbonyl (C=O) groups excluding carboxylic acids is 2. The predicted molar refractivity (Wildman–Crippen MR) is 145 cm³/mol. The summed E-state index contributed by atoms with van der Waals surface area (Å²) in [6, 6.07) is 12.0. The number of nitrogens with zero attached hydrogens (tertiary/aromatic N) is 2. The maximum Gasteiger partial charge on any atom is 0.258 e. The Hall–Kier alpha value is -3.56. The van der Waals surface area contributed by atoms with Crippen molar-refractivity contribution in [3.05, 3.63) is 74.5 Å².